The molecule has 5 nitrogen and oxygen atoms in total. The molecule has 7 heteroatoms. The molecule has 1 aromatic heterocycles. The predicted octanol–water partition coefficient (Wildman–Crippen LogP) is 3.88. The van der Waals surface area contributed by atoms with E-state index in [4.69, 9.17) is 32.4 Å². The normalized spacial score (nSPS) is 17.2. The van der Waals surface area contributed by atoms with Crippen molar-refractivity contribution in [2.75, 3.05) is 13.2 Å². The van der Waals surface area contributed by atoms with Crippen LogP contribution in [0.5, 0.6) is 0 Å². The molecule has 1 aromatic carbocycles. The van der Waals surface area contributed by atoms with Gasteiger partial charge in [-0.2, -0.15) is 0 Å². The van der Waals surface area contributed by atoms with Crippen molar-refractivity contribution in [2.45, 2.75) is 31.8 Å². The van der Waals surface area contributed by atoms with Crippen molar-refractivity contribution in [2.24, 2.45) is 0 Å². The summed E-state index contributed by atoms with van der Waals surface area (Å²) in [6.07, 6.45) is 4.57. The van der Waals surface area contributed by atoms with E-state index in [0.29, 0.717) is 41.1 Å². The van der Waals surface area contributed by atoms with Gasteiger partial charge in [-0.15, -0.1) is 0 Å². The fourth-order valence-electron chi connectivity index (χ4n) is 2.58. The molecule has 0 bridgehead atoms. The number of amides is 1. The molecule has 1 N–H and O–H groups in total. The van der Waals surface area contributed by atoms with Crippen LogP contribution in [0.3, 0.4) is 0 Å². The number of aromatic nitrogens is 1. The summed E-state index contributed by atoms with van der Waals surface area (Å²) in [5.41, 5.74) is 0.725. The van der Waals surface area contributed by atoms with Crippen molar-refractivity contribution in [3.05, 3.63) is 40.3 Å². The summed E-state index contributed by atoms with van der Waals surface area (Å²) in [5.74, 6) is 1.03. The number of oxazole rings is 1. The maximum absolute atomic E-state index is 11.9. The summed E-state index contributed by atoms with van der Waals surface area (Å²) in [7, 11) is 0. The first-order valence-corrected chi connectivity index (χ1v) is 8.66. The third-order valence-corrected chi connectivity index (χ3v) is 4.41. The Hall–Kier alpha value is -1.56. The molecule has 0 saturated carbocycles. The molecule has 0 aliphatic carbocycles. The number of halogens is 2. The van der Waals surface area contributed by atoms with Crippen LogP contribution in [-0.4, -0.2) is 30.1 Å². The summed E-state index contributed by atoms with van der Waals surface area (Å²) in [6.45, 7) is 1.35. The Labute approximate surface area is 150 Å². The fraction of sp³-hybridized carbons (Fsp3) is 0.412. The van der Waals surface area contributed by atoms with Crippen LogP contribution in [0.15, 0.2) is 28.8 Å². The fourth-order valence-corrected chi connectivity index (χ4v) is 3.08. The number of benzene rings is 1. The van der Waals surface area contributed by atoms with Gasteiger partial charge in [0.2, 0.25) is 5.91 Å². The monoisotopic (exact) mass is 368 g/mol. The second kappa shape index (κ2) is 8.01. The zero-order valence-electron chi connectivity index (χ0n) is 13.1. The van der Waals surface area contributed by atoms with Crippen LogP contribution in [0.25, 0.3) is 11.3 Å². The molecule has 3 rings (SSSR count). The lowest BCUT2D eigenvalue weighted by Crippen LogP contribution is -2.31. The second-order valence-corrected chi connectivity index (χ2v) is 6.53. The van der Waals surface area contributed by atoms with E-state index in [1.165, 1.54) is 0 Å². The molecule has 0 spiro atoms. The quantitative estimate of drug-likeness (QED) is 0.840. The molecule has 1 aliphatic heterocycles. The lowest BCUT2D eigenvalue weighted by molar-refractivity contribution is -0.121. The van der Waals surface area contributed by atoms with Gasteiger partial charge in [0.1, 0.15) is 0 Å². The van der Waals surface area contributed by atoms with E-state index in [1.54, 1.807) is 24.4 Å². The van der Waals surface area contributed by atoms with Crippen molar-refractivity contribution >= 4 is 29.1 Å². The van der Waals surface area contributed by atoms with Crippen LogP contribution in [0.1, 0.15) is 25.2 Å². The third-order valence-electron chi connectivity index (χ3n) is 3.87. The Kier molecular flexibility index (Phi) is 5.76. The van der Waals surface area contributed by atoms with Crippen LogP contribution < -0.4 is 5.32 Å². The van der Waals surface area contributed by atoms with Gasteiger partial charge >= 0.3 is 0 Å². The molecule has 0 radical (unpaired) electrons. The maximum Gasteiger partial charge on any atom is 0.220 e. The van der Waals surface area contributed by atoms with E-state index in [2.05, 4.69) is 10.3 Å². The average Bonchev–Trinajstić information content (AvgIpc) is 3.22. The molecular weight excluding hydrogens is 351 g/mol. The zero-order valence-corrected chi connectivity index (χ0v) is 14.6. The van der Waals surface area contributed by atoms with Crippen LogP contribution in [-0.2, 0) is 16.0 Å². The van der Waals surface area contributed by atoms with E-state index in [1.807, 2.05) is 0 Å². The number of carbonyl (C=O) groups excluding carboxylic acids is 1. The highest BCUT2D eigenvalue weighted by Gasteiger charge is 2.16. The molecule has 128 valence electrons. The summed E-state index contributed by atoms with van der Waals surface area (Å²) < 4.78 is 11.1. The van der Waals surface area contributed by atoms with E-state index in [-0.39, 0.29) is 12.0 Å². The summed E-state index contributed by atoms with van der Waals surface area (Å²) in [6, 6.07) is 5.17. The number of nitrogens with one attached hydrogen (secondary N) is 1. The second-order valence-electron chi connectivity index (χ2n) is 5.68. The number of hydrogen-bond donors (Lipinski definition) is 1. The van der Waals surface area contributed by atoms with E-state index < -0.39 is 0 Å². The van der Waals surface area contributed by atoms with Crippen LogP contribution >= 0.6 is 23.2 Å². The minimum Gasteiger partial charge on any atom is -0.441 e. The first-order valence-electron chi connectivity index (χ1n) is 7.90. The van der Waals surface area contributed by atoms with Gasteiger partial charge in [0.15, 0.2) is 11.7 Å². The number of aryl methyl sites for hydroxylation is 1. The van der Waals surface area contributed by atoms with Gasteiger partial charge in [0.05, 0.1) is 17.3 Å². The molecule has 1 fully saturated rings. The molecule has 1 atom stereocenters. The zero-order chi connectivity index (χ0) is 16.9. The number of nitrogens with zero attached hydrogens (tertiary/aromatic N) is 1. The Morgan fingerprint density at radius 3 is 3.00 bits per heavy atom. The van der Waals surface area contributed by atoms with Gasteiger partial charge in [-0.25, -0.2) is 4.98 Å². The molecule has 1 amide bonds. The third kappa shape index (κ3) is 4.50. The van der Waals surface area contributed by atoms with Crippen LogP contribution in [0.4, 0.5) is 0 Å². The van der Waals surface area contributed by atoms with E-state index in [0.717, 1.165) is 25.0 Å². The van der Waals surface area contributed by atoms with Gasteiger partial charge in [0.25, 0.3) is 0 Å². The standard InChI is InChI=1S/C17H18Cl2N2O3/c18-11-3-4-13(14(19)8-11)15-10-21-17(24-15)6-5-16(22)20-9-12-2-1-7-23-12/h3-4,8,10,12H,1-2,5-7,9H2,(H,20,22)/t12-/m0/s1. The van der Waals surface area contributed by atoms with E-state index in [9.17, 15) is 4.79 Å². The minimum absolute atomic E-state index is 0.0326. The van der Waals surface area contributed by atoms with Crippen molar-refractivity contribution in [3.63, 3.8) is 0 Å². The first kappa shape index (κ1) is 17.3. The largest absolute Gasteiger partial charge is 0.441 e. The smallest absolute Gasteiger partial charge is 0.220 e. The van der Waals surface area contributed by atoms with Gasteiger partial charge < -0.3 is 14.5 Å². The van der Waals surface area contributed by atoms with Gasteiger partial charge in [-0.1, -0.05) is 23.2 Å². The van der Waals surface area contributed by atoms with Gasteiger partial charge in [-0.05, 0) is 31.0 Å². The molecule has 2 aromatic rings. The topological polar surface area (TPSA) is 64.4 Å². The Bertz CT molecular complexity index is 712. The van der Waals surface area contributed by atoms with E-state index >= 15 is 0 Å². The number of hydrogen-bond acceptors (Lipinski definition) is 4. The lowest BCUT2D eigenvalue weighted by Gasteiger charge is -2.10. The summed E-state index contributed by atoms with van der Waals surface area (Å²) >= 11 is 12.0. The molecular formula is C17H18Cl2N2O3. The van der Waals surface area contributed by atoms with Crippen LogP contribution in [0.2, 0.25) is 10.0 Å². The van der Waals surface area contributed by atoms with Crippen molar-refractivity contribution in [3.8, 4) is 11.3 Å². The van der Waals surface area contributed by atoms with Crippen LogP contribution in [0, 0.1) is 0 Å². The van der Waals surface area contributed by atoms with Crippen molar-refractivity contribution < 1.29 is 13.9 Å². The summed E-state index contributed by atoms with van der Waals surface area (Å²) in [5, 5.41) is 3.94. The number of rotatable bonds is 6. The first-order chi connectivity index (χ1) is 11.6. The molecule has 2 heterocycles. The SMILES string of the molecule is O=C(CCc1ncc(-c2ccc(Cl)cc2Cl)o1)NC[C@@H]1CCCO1. The maximum atomic E-state index is 11.9. The summed E-state index contributed by atoms with van der Waals surface area (Å²) in [4.78, 5) is 16.1. The highest BCUT2D eigenvalue weighted by molar-refractivity contribution is 6.36. The average molecular weight is 369 g/mol. The Morgan fingerprint density at radius 1 is 1.38 bits per heavy atom. The predicted molar refractivity (Wildman–Crippen MR) is 92.3 cm³/mol. The molecule has 24 heavy (non-hydrogen) atoms. The molecule has 1 saturated heterocycles. The molecule has 1 aliphatic rings. The number of carbonyl (C=O) groups is 1. The lowest BCUT2D eigenvalue weighted by atomic mass is 10.2. The Morgan fingerprint density at radius 2 is 2.25 bits per heavy atom. The van der Waals surface area contributed by atoms with Crippen molar-refractivity contribution in [1.82, 2.24) is 10.3 Å². The van der Waals surface area contributed by atoms with Gasteiger partial charge in [-0.3, -0.25) is 4.79 Å². The van der Waals surface area contributed by atoms with Gasteiger partial charge in [0, 0.05) is 36.6 Å². The number of ether oxygens (including phenoxy) is 1. The van der Waals surface area contributed by atoms with Crippen molar-refractivity contribution in [1.29, 1.82) is 0 Å². The highest BCUT2D eigenvalue weighted by atomic mass is 35.5. The highest BCUT2D eigenvalue weighted by Crippen LogP contribution is 2.30. The minimum atomic E-state index is -0.0326. The Balaban J connectivity index is 1.51. The molecule has 0 unspecified atom stereocenters.